The Kier molecular flexibility index (Phi) is 4.97. The number of thiophene rings is 1. The first kappa shape index (κ1) is 13.8. The fraction of sp³-hybridized carbons (Fsp3) is 0.462. The second kappa shape index (κ2) is 6.50. The molecule has 3 nitrogen and oxygen atoms in total. The Hall–Kier alpha value is -0.650. The zero-order chi connectivity index (χ0) is 13.0. The third-order valence-corrected chi connectivity index (χ3v) is 4.08. The molecule has 0 spiro atoms. The molecule has 0 fully saturated rings. The molecule has 0 aromatic carbocycles. The normalized spacial score (nSPS) is 11.3. The monoisotopic (exact) mass is 328 g/mol. The third-order valence-electron chi connectivity index (χ3n) is 2.44. The molecule has 0 amide bonds. The molecule has 2 heterocycles. The van der Waals surface area contributed by atoms with Gasteiger partial charge >= 0.3 is 0 Å². The van der Waals surface area contributed by atoms with Crippen molar-refractivity contribution >= 4 is 27.3 Å². The average molecular weight is 329 g/mol. The lowest BCUT2D eigenvalue weighted by atomic mass is 10.2. The molecule has 18 heavy (non-hydrogen) atoms. The molecule has 1 N–H and O–H groups in total. The highest BCUT2D eigenvalue weighted by molar-refractivity contribution is 9.11. The van der Waals surface area contributed by atoms with Crippen molar-refractivity contribution < 1.29 is 4.42 Å². The summed E-state index contributed by atoms with van der Waals surface area (Å²) < 4.78 is 6.83. The molecule has 0 unspecified atom stereocenters. The van der Waals surface area contributed by atoms with Crippen LogP contribution in [0.4, 0.5) is 0 Å². The lowest BCUT2D eigenvalue weighted by Crippen LogP contribution is -2.22. The van der Waals surface area contributed by atoms with Crippen molar-refractivity contribution in [1.82, 2.24) is 10.3 Å². The van der Waals surface area contributed by atoms with Crippen LogP contribution in [0.3, 0.4) is 0 Å². The van der Waals surface area contributed by atoms with Gasteiger partial charge in [0.2, 0.25) is 0 Å². The van der Waals surface area contributed by atoms with Gasteiger partial charge in [-0.2, -0.15) is 0 Å². The van der Waals surface area contributed by atoms with Crippen molar-refractivity contribution in [3.8, 4) is 10.6 Å². The quantitative estimate of drug-likeness (QED) is 0.816. The highest BCUT2D eigenvalue weighted by Gasteiger charge is 2.08. The first-order valence-corrected chi connectivity index (χ1v) is 7.67. The van der Waals surface area contributed by atoms with Gasteiger partial charge < -0.3 is 9.73 Å². The van der Waals surface area contributed by atoms with E-state index in [2.05, 4.69) is 40.1 Å². The molecule has 0 saturated carbocycles. The van der Waals surface area contributed by atoms with Crippen LogP contribution >= 0.6 is 27.3 Å². The summed E-state index contributed by atoms with van der Waals surface area (Å²) in [5.74, 6) is 2.32. The molecule has 0 aliphatic carbocycles. The van der Waals surface area contributed by atoms with E-state index in [-0.39, 0.29) is 0 Å². The van der Waals surface area contributed by atoms with Crippen LogP contribution in [0, 0.1) is 5.92 Å². The fourth-order valence-corrected chi connectivity index (χ4v) is 2.91. The first-order valence-electron chi connectivity index (χ1n) is 6.06. The van der Waals surface area contributed by atoms with E-state index in [4.69, 9.17) is 4.42 Å². The highest BCUT2D eigenvalue weighted by Crippen LogP contribution is 2.31. The molecule has 0 aliphatic rings. The Labute approximate surface area is 120 Å². The summed E-state index contributed by atoms with van der Waals surface area (Å²) in [6, 6.07) is 4.06. The Morgan fingerprint density at radius 3 is 2.94 bits per heavy atom. The zero-order valence-electron chi connectivity index (χ0n) is 10.6. The number of oxazole rings is 1. The number of nitrogens with zero attached hydrogens (tertiary/aromatic N) is 1. The maximum atomic E-state index is 5.73. The van der Waals surface area contributed by atoms with Gasteiger partial charge in [0.25, 0.3) is 0 Å². The number of aromatic nitrogens is 1. The molecule has 0 saturated heterocycles. The van der Waals surface area contributed by atoms with Gasteiger partial charge in [-0.1, -0.05) is 13.8 Å². The molecular weight excluding hydrogens is 312 g/mol. The second-order valence-electron chi connectivity index (χ2n) is 4.57. The van der Waals surface area contributed by atoms with E-state index in [0.29, 0.717) is 5.92 Å². The summed E-state index contributed by atoms with van der Waals surface area (Å²) in [5, 5.41) is 3.38. The van der Waals surface area contributed by atoms with Gasteiger partial charge in [0.15, 0.2) is 11.7 Å². The summed E-state index contributed by atoms with van der Waals surface area (Å²) in [5.41, 5.74) is 0. The van der Waals surface area contributed by atoms with Gasteiger partial charge in [0, 0.05) is 13.0 Å². The maximum absolute atomic E-state index is 5.73. The number of hydrogen-bond donors (Lipinski definition) is 1. The van der Waals surface area contributed by atoms with Crippen molar-refractivity contribution in [2.24, 2.45) is 5.92 Å². The Bertz CT molecular complexity index is 493. The van der Waals surface area contributed by atoms with Crippen LogP contribution in [-0.4, -0.2) is 18.1 Å². The Balaban J connectivity index is 1.86. The average Bonchev–Trinajstić information content (AvgIpc) is 2.93. The largest absolute Gasteiger partial charge is 0.440 e. The van der Waals surface area contributed by atoms with Crippen LogP contribution in [0.25, 0.3) is 10.6 Å². The van der Waals surface area contributed by atoms with E-state index in [1.165, 1.54) is 0 Å². The smallest absolute Gasteiger partial charge is 0.196 e. The van der Waals surface area contributed by atoms with Crippen molar-refractivity contribution in [2.45, 2.75) is 20.3 Å². The van der Waals surface area contributed by atoms with Gasteiger partial charge in [0.05, 0.1) is 14.9 Å². The molecule has 2 rings (SSSR count). The van der Waals surface area contributed by atoms with Crippen molar-refractivity contribution in [3.05, 3.63) is 28.0 Å². The van der Waals surface area contributed by atoms with E-state index >= 15 is 0 Å². The summed E-state index contributed by atoms with van der Waals surface area (Å²) in [4.78, 5) is 5.41. The molecular formula is C13H17BrN2OS. The number of halogens is 1. The molecule has 0 radical (unpaired) electrons. The van der Waals surface area contributed by atoms with Crippen LogP contribution in [0.15, 0.2) is 26.5 Å². The minimum atomic E-state index is 0.675. The lowest BCUT2D eigenvalue weighted by Gasteiger charge is -2.05. The Morgan fingerprint density at radius 1 is 1.44 bits per heavy atom. The fourth-order valence-electron chi connectivity index (χ4n) is 1.57. The minimum absolute atomic E-state index is 0.675. The number of nitrogens with one attached hydrogen (secondary N) is 1. The minimum Gasteiger partial charge on any atom is -0.440 e. The van der Waals surface area contributed by atoms with Crippen molar-refractivity contribution in [2.75, 3.05) is 13.1 Å². The van der Waals surface area contributed by atoms with Gasteiger partial charge in [-0.25, -0.2) is 4.98 Å². The second-order valence-corrected chi connectivity index (χ2v) is 7.03. The van der Waals surface area contributed by atoms with Crippen LogP contribution < -0.4 is 5.32 Å². The van der Waals surface area contributed by atoms with Gasteiger partial charge in [-0.05, 0) is 40.5 Å². The van der Waals surface area contributed by atoms with Crippen LogP contribution in [0.5, 0.6) is 0 Å². The molecule has 2 aromatic heterocycles. The lowest BCUT2D eigenvalue weighted by molar-refractivity contribution is 0.483. The standard InChI is InChI=1S/C13H17BrN2OS/c1-9(2)7-15-6-5-13-16-8-10(17-13)11-3-4-12(14)18-11/h3-4,8-9,15H,5-7H2,1-2H3. The molecule has 2 aromatic rings. The molecule has 98 valence electrons. The summed E-state index contributed by atoms with van der Waals surface area (Å²) in [7, 11) is 0. The SMILES string of the molecule is CC(C)CNCCc1ncc(-c2ccc(Br)s2)o1. The topological polar surface area (TPSA) is 38.1 Å². The first-order chi connectivity index (χ1) is 8.65. The highest BCUT2D eigenvalue weighted by atomic mass is 79.9. The summed E-state index contributed by atoms with van der Waals surface area (Å²) in [6.45, 7) is 6.34. The van der Waals surface area contributed by atoms with Crippen LogP contribution in [-0.2, 0) is 6.42 Å². The molecule has 0 aliphatic heterocycles. The molecule has 5 heteroatoms. The predicted molar refractivity (Wildman–Crippen MR) is 78.9 cm³/mol. The van der Waals surface area contributed by atoms with Gasteiger partial charge in [-0.15, -0.1) is 11.3 Å². The van der Waals surface area contributed by atoms with E-state index in [9.17, 15) is 0 Å². The number of hydrogen-bond acceptors (Lipinski definition) is 4. The van der Waals surface area contributed by atoms with Crippen LogP contribution in [0.1, 0.15) is 19.7 Å². The number of rotatable bonds is 6. The van der Waals surface area contributed by atoms with E-state index in [1.54, 1.807) is 17.5 Å². The van der Waals surface area contributed by atoms with Gasteiger partial charge in [0.1, 0.15) is 0 Å². The summed E-state index contributed by atoms with van der Waals surface area (Å²) in [6.07, 6.45) is 2.63. The molecule has 0 bridgehead atoms. The summed E-state index contributed by atoms with van der Waals surface area (Å²) >= 11 is 5.10. The van der Waals surface area contributed by atoms with E-state index in [1.807, 2.05) is 12.1 Å². The van der Waals surface area contributed by atoms with Crippen LogP contribution in [0.2, 0.25) is 0 Å². The van der Waals surface area contributed by atoms with Gasteiger partial charge in [-0.3, -0.25) is 0 Å². The maximum Gasteiger partial charge on any atom is 0.196 e. The predicted octanol–water partition coefficient (Wildman–Crippen LogP) is 3.95. The van der Waals surface area contributed by atoms with E-state index < -0.39 is 0 Å². The van der Waals surface area contributed by atoms with E-state index in [0.717, 1.165) is 39.8 Å². The van der Waals surface area contributed by atoms with Crippen molar-refractivity contribution in [3.63, 3.8) is 0 Å². The molecule has 0 atom stereocenters. The zero-order valence-corrected chi connectivity index (χ0v) is 13.0. The third kappa shape index (κ3) is 3.93. The van der Waals surface area contributed by atoms with Crippen molar-refractivity contribution in [1.29, 1.82) is 0 Å². The Morgan fingerprint density at radius 2 is 2.28 bits per heavy atom.